The number of carbonyl (C=O) groups is 2. The number of methoxy groups -OCH3 is 1. The lowest BCUT2D eigenvalue weighted by Crippen LogP contribution is -2.40. The van der Waals surface area contributed by atoms with Crippen LogP contribution >= 0.6 is 11.3 Å². The molecule has 0 bridgehead atoms. The first kappa shape index (κ1) is 16.4. The number of thiazole rings is 1. The molecule has 7 heteroatoms. The predicted molar refractivity (Wildman–Crippen MR) is 92.5 cm³/mol. The molecule has 0 spiro atoms. The molecular formula is C17H19N3O3S. The Morgan fingerprint density at radius 1 is 1.33 bits per heavy atom. The molecule has 1 aromatic heterocycles. The lowest BCUT2D eigenvalue weighted by Gasteiger charge is -2.30. The molecule has 1 aromatic carbocycles. The lowest BCUT2D eigenvalue weighted by atomic mass is 9.96. The number of hydrogen-bond acceptors (Lipinski definition) is 6. The van der Waals surface area contributed by atoms with Gasteiger partial charge in [-0.15, -0.1) is 11.3 Å². The molecule has 0 radical (unpaired) electrons. The highest BCUT2D eigenvalue weighted by atomic mass is 32.1. The Balaban J connectivity index is 1.64. The topological polar surface area (TPSA) is 71.5 Å². The summed E-state index contributed by atoms with van der Waals surface area (Å²) < 4.78 is 4.78. The van der Waals surface area contributed by atoms with E-state index in [1.54, 1.807) is 11.1 Å². The molecule has 1 aliphatic rings. The summed E-state index contributed by atoms with van der Waals surface area (Å²) in [5, 5.41) is 5.87. The third kappa shape index (κ3) is 3.73. The third-order valence-electron chi connectivity index (χ3n) is 4.11. The second-order valence-electron chi connectivity index (χ2n) is 5.63. The molecule has 24 heavy (non-hydrogen) atoms. The first-order chi connectivity index (χ1) is 11.7. The normalized spacial score (nSPS) is 15.1. The zero-order valence-electron chi connectivity index (χ0n) is 13.4. The van der Waals surface area contributed by atoms with Crippen LogP contribution in [0.4, 0.5) is 10.8 Å². The van der Waals surface area contributed by atoms with Crippen molar-refractivity contribution in [1.29, 1.82) is 0 Å². The average Bonchev–Trinajstić information content (AvgIpc) is 3.14. The van der Waals surface area contributed by atoms with Gasteiger partial charge in [0, 0.05) is 35.9 Å². The highest BCUT2D eigenvalue weighted by Gasteiger charge is 2.28. The van der Waals surface area contributed by atoms with E-state index in [1.165, 1.54) is 18.4 Å². The van der Waals surface area contributed by atoms with E-state index < -0.39 is 0 Å². The van der Waals surface area contributed by atoms with Gasteiger partial charge in [-0.25, -0.2) is 4.98 Å². The monoisotopic (exact) mass is 345 g/mol. The number of piperidine rings is 1. The molecule has 6 nitrogen and oxygen atoms in total. The maximum atomic E-state index is 12.7. The van der Waals surface area contributed by atoms with E-state index in [2.05, 4.69) is 10.3 Å². The Morgan fingerprint density at radius 2 is 2.12 bits per heavy atom. The summed E-state index contributed by atoms with van der Waals surface area (Å²) in [6, 6.07) is 7.39. The van der Waals surface area contributed by atoms with Crippen LogP contribution in [-0.2, 0) is 9.53 Å². The molecule has 1 aliphatic heterocycles. The summed E-state index contributed by atoms with van der Waals surface area (Å²) in [4.78, 5) is 30.2. The summed E-state index contributed by atoms with van der Waals surface area (Å²) in [5.74, 6) is -0.296. The minimum absolute atomic E-state index is 0.0129. The van der Waals surface area contributed by atoms with Gasteiger partial charge in [0.2, 0.25) is 0 Å². The fourth-order valence-corrected chi connectivity index (χ4v) is 3.36. The molecule has 126 valence electrons. The Bertz CT molecular complexity index is 710. The van der Waals surface area contributed by atoms with E-state index in [0.717, 1.165) is 10.8 Å². The molecule has 1 N–H and O–H groups in total. The average molecular weight is 345 g/mol. The molecule has 2 aromatic rings. The molecule has 0 unspecified atom stereocenters. The number of amides is 1. The first-order valence-corrected chi connectivity index (χ1v) is 8.69. The zero-order chi connectivity index (χ0) is 16.9. The van der Waals surface area contributed by atoms with Crippen LogP contribution in [0.15, 0.2) is 35.8 Å². The predicted octanol–water partition coefficient (Wildman–Crippen LogP) is 2.91. The number of benzene rings is 1. The standard InChI is InChI=1S/C17H19N3O3S/c1-23-16(22)12-5-8-20(9-6-12)15(21)13-3-2-4-14(11-13)19-17-18-7-10-24-17/h2-4,7,10-12H,5-6,8-9H2,1H3,(H,18,19). The molecular weight excluding hydrogens is 326 g/mol. The van der Waals surface area contributed by atoms with Crippen LogP contribution in [0.2, 0.25) is 0 Å². The number of hydrogen-bond donors (Lipinski definition) is 1. The fraction of sp³-hybridized carbons (Fsp3) is 0.353. The number of nitrogens with zero attached hydrogens (tertiary/aromatic N) is 2. The van der Waals surface area contributed by atoms with Crippen LogP contribution in [0.1, 0.15) is 23.2 Å². The molecule has 3 rings (SSSR count). The van der Waals surface area contributed by atoms with E-state index in [0.29, 0.717) is 31.5 Å². The molecule has 1 amide bonds. The van der Waals surface area contributed by atoms with E-state index in [4.69, 9.17) is 4.74 Å². The van der Waals surface area contributed by atoms with Crippen molar-refractivity contribution in [3.8, 4) is 0 Å². The van der Waals surface area contributed by atoms with Gasteiger partial charge in [0.25, 0.3) is 5.91 Å². The smallest absolute Gasteiger partial charge is 0.308 e. The summed E-state index contributed by atoms with van der Waals surface area (Å²) in [6.07, 6.45) is 3.03. The van der Waals surface area contributed by atoms with E-state index in [-0.39, 0.29) is 17.8 Å². The van der Waals surface area contributed by atoms with E-state index in [9.17, 15) is 9.59 Å². The van der Waals surface area contributed by atoms with Gasteiger partial charge < -0.3 is 15.0 Å². The molecule has 0 aliphatic carbocycles. The van der Waals surface area contributed by atoms with Gasteiger partial charge in [-0.2, -0.15) is 0 Å². The van der Waals surface area contributed by atoms with Crippen molar-refractivity contribution >= 4 is 34.0 Å². The molecule has 1 fully saturated rings. The molecule has 2 heterocycles. The highest BCUT2D eigenvalue weighted by Crippen LogP contribution is 2.23. The van der Waals surface area contributed by atoms with Crippen molar-refractivity contribution in [1.82, 2.24) is 9.88 Å². The van der Waals surface area contributed by atoms with Crippen LogP contribution in [0.25, 0.3) is 0 Å². The Morgan fingerprint density at radius 3 is 2.79 bits per heavy atom. The quantitative estimate of drug-likeness (QED) is 0.863. The van der Waals surface area contributed by atoms with Crippen molar-refractivity contribution in [3.63, 3.8) is 0 Å². The number of rotatable bonds is 4. The van der Waals surface area contributed by atoms with Crippen molar-refractivity contribution in [3.05, 3.63) is 41.4 Å². The van der Waals surface area contributed by atoms with E-state index >= 15 is 0 Å². The maximum Gasteiger partial charge on any atom is 0.308 e. The third-order valence-corrected chi connectivity index (χ3v) is 4.80. The fourth-order valence-electron chi connectivity index (χ4n) is 2.81. The first-order valence-electron chi connectivity index (χ1n) is 7.81. The van der Waals surface area contributed by atoms with Crippen LogP contribution < -0.4 is 5.32 Å². The van der Waals surface area contributed by atoms with Crippen molar-refractivity contribution < 1.29 is 14.3 Å². The highest BCUT2D eigenvalue weighted by molar-refractivity contribution is 7.13. The minimum Gasteiger partial charge on any atom is -0.469 e. The maximum absolute atomic E-state index is 12.7. The van der Waals surface area contributed by atoms with Crippen LogP contribution in [0, 0.1) is 5.92 Å². The Kier molecular flexibility index (Phi) is 5.10. The number of aromatic nitrogens is 1. The van der Waals surface area contributed by atoms with Crippen LogP contribution in [0.3, 0.4) is 0 Å². The van der Waals surface area contributed by atoms with Gasteiger partial charge in [-0.05, 0) is 31.0 Å². The second-order valence-corrected chi connectivity index (χ2v) is 6.53. The molecule has 0 atom stereocenters. The molecule has 1 saturated heterocycles. The summed E-state index contributed by atoms with van der Waals surface area (Å²) in [5.41, 5.74) is 1.47. The van der Waals surface area contributed by atoms with Gasteiger partial charge in [0.15, 0.2) is 5.13 Å². The van der Waals surface area contributed by atoms with Gasteiger partial charge in [0.1, 0.15) is 0 Å². The largest absolute Gasteiger partial charge is 0.469 e. The van der Waals surface area contributed by atoms with Gasteiger partial charge in [-0.1, -0.05) is 6.07 Å². The lowest BCUT2D eigenvalue weighted by molar-refractivity contribution is -0.146. The molecule has 0 saturated carbocycles. The van der Waals surface area contributed by atoms with Gasteiger partial charge in [-0.3, -0.25) is 9.59 Å². The van der Waals surface area contributed by atoms with Crippen LogP contribution in [0.5, 0.6) is 0 Å². The number of likely N-dealkylation sites (tertiary alicyclic amines) is 1. The SMILES string of the molecule is COC(=O)C1CCN(C(=O)c2cccc(Nc3nccs3)c2)CC1. The zero-order valence-corrected chi connectivity index (χ0v) is 14.2. The summed E-state index contributed by atoms with van der Waals surface area (Å²) in [7, 11) is 1.40. The Labute approximate surface area is 144 Å². The van der Waals surface area contributed by atoms with E-state index in [1.807, 2.05) is 29.6 Å². The van der Waals surface area contributed by atoms with Crippen molar-refractivity contribution in [2.24, 2.45) is 5.92 Å². The number of anilines is 2. The number of nitrogens with one attached hydrogen (secondary N) is 1. The van der Waals surface area contributed by atoms with Crippen molar-refractivity contribution in [2.45, 2.75) is 12.8 Å². The minimum atomic E-state index is -0.184. The number of esters is 1. The summed E-state index contributed by atoms with van der Waals surface area (Å²) >= 11 is 1.50. The summed E-state index contributed by atoms with van der Waals surface area (Å²) in [6.45, 7) is 1.14. The number of carbonyl (C=O) groups excluding carboxylic acids is 2. The van der Waals surface area contributed by atoms with Gasteiger partial charge >= 0.3 is 5.97 Å². The van der Waals surface area contributed by atoms with Crippen molar-refractivity contribution in [2.75, 3.05) is 25.5 Å². The Hall–Kier alpha value is -2.41. The second kappa shape index (κ2) is 7.44. The number of ether oxygens (including phenoxy) is 1. The van der Waals surface area contributed by atoms with Crippen LogP contribution in [-0.4, -0.2) is 42.0 Å². The van der Waals surface area contributed by atoms with Gasteiger partial charge in [0.05, 0.1) is 13.0 Å².